The number of nitro benzene ring substituents is 1. The van der Waals surface area contributed by atoms with Gasteiger partial charge in [0, 0.05) is 12.6 Å². The fraction of sp³-hybridized carbons (Fsp3) is 0.500. The van der Waals surface area contributed by atoms with Gasteiger partial charge >= 0.3 is 11.9 Å². The minimum atomic E-state index is -4.45. The third-order valence-electron chi connectivity index (χ3n) is 3.20. The van der Waals surface area contributed by atoms with Crippen molar-refractivity contribution in [1.29, 1.82) is 0 Å². The second-order valence-corrected chi connectivity index (χ2v) is 8.38. The Morgan fingerprint density at radius 1 is 1.19 bits per heavy atom. The fourth-order valence-electron chi connectivity index (χ4n) is 2.09. The summed E-state index contributed by atoms with van der Waals surface area (Å²) < 4.78 is 36.1. The molecule has 0 saturated carbocycles. The first-order chi connectivity index (χ1) is 12.4. The molecule has 0 aliphatic carbocycles. The van der Waals surface area contributed by atoms with Crippen molar-refractivity contribution in [2.45, 2.75) is 37.7 Å². The Labute approximate surface area is 157 Å². The van der Waals surface area contributed by atoms with E-state index in [1.165, 1.54) is 12.1 Å². The summed E-state index contributed by atoms with van der Waals surface area (Å²) >= 11 is 0. The molecule has 0 N–H and O–H groups in total. The van der Waals surface area contributed by atoms with E-state index in [0.29, 0.717) is 4.31 Å². The highest BCUT2D eigenvalue weighted by Gasteiger charge is 2.34. The lowest BCUT2D eigenvalue weighted by atomic mass is 10.2. The second kappa shape index (κ2) is 8.91. The maximum atomic E-state index is 12.9. The van der Waals surface area contributed by atoms with Crippen LogP contribution < -0.4 is 0 Å². The summed E-state index contributed by atoms with van der Waals surface area (Å²) in [5, 5.41) is 11.2. The Hall–Kier alpha value is -2.53. The molecule has 0 amide bonds. The Bertz CT molecular complexity index is 814. The van der Waals surface area contributed by atoms with Gasteiger partial charge < -0.3 is 9.47 Å². The first-order valence-electron chi connectivity index (χ1n) is 7.90. The maximum absolute atomic E-state index is 12.9. The molecule has 11 heteroatoms. The van der Waals surface area contributed by atoms with E-state index in [-0.39, 0.29) is 6.42 Å². The number of benzene rings is 1. The quantitative estimate of drug-likeness (QED) is 0.363. The summed E-state index contributed by atoms with van der Waals surface area (Å²) in [7, 11) is -3.31. The number of esters is 2. The average Bonchev–Trinajstić information content (AvgIpc) is 2.56. The van der Waals surface area contributed by atoms with E-state index in [1.54, 1.807) is 20.8 Å². The number of nitro groups is 1. The van der Waals surface area contributed by atoms with Gasteiger partial charge in [0.05, 0.1) is 18.5 Å². The lowest BCUT2D eigenvalue weighted by Crippen LogP contribution is -2.40. The van der Waals surface area contributed by atoms with Gasteiger partial charge in [0.2, 0.25) is 10.0 Å². The van der Waals surface area contributed by atoms with Crippen LogP contribution >= 0.6 is 0 Å². The number of carbonyl (C=O) groups excluding carboxylic acids is 2. The number of methoxy groups -OCH3 is 1. The minimum Gasteiger partial charge on any atom is -0.469 e. The van der Waals surface area contributed by atoms with Gasteiger partial charge in [-0.3, -0.25) is 19.7 Å². The number of para-hydroxylation sites is 1. The number of sulfonamides is 1. The van der Waals surface area contributed by atoms with Crippen molar-refractivity contribution in [3.8, 4) is 0 Å². The summed E-state index contributed by atoms with van der Waals surface area (Å²) in [5.41, 5.74) is -1.49. The lowest BCUT2D eigenvalue weighted by molar-refractivity contribution is -0.387. The van der Waals surface area contributed by atoms with Crippen molar-refractivity contribution in [3.63, 3.8) is 0 Å². The first-order valence-corrected chi connectivity index (χ1v) is 9.34. The van der Waals surface area contributed by atoms with Gasteiger partial charge in [-0.25, -0.2) is 8.42 Å². The van der Waals surface area contributed by atoms with E-state index in [9.17, 15) is 28.1 Å². The molecule has 1 rings (SSSR count). The molecular formula is C16H22N2O8S. The van der Waals surface area contributed by atoms with Gasteiger partial charge in [0.1, 0.15) is 12.1 Å². The number of ether oxygens (including phenoxy) is 2. The molecule has 1 aromatic carbocycles. The lowest BCUT2D eigenvalue weighted by Gasteiger charge is -2.24. The van der Waals surface area contributed by atoms with Crippen molar-refractivity contribution >= 4 is 27.6 Å². The van der Waals surface area contributed by atoms with E-state index >= 15 is 0 Å². The van der Waals surface area contributed by atoms with Crippen molar-refractivity contribution in [2.75, 3.05) is 20.2 Å². The van der Waals surface area contributed by atoms with Crippen molar-refractivity contribution < 1.29 is 32.4 Å². The zero-order chi connectivity index (χ0) is 20.8. The summed E-state index contributed by atoms with van der Waals surface area (Å²) in [6.07, 6.45) is -0.334. The van der Waals surface area contributed by atoms with Crippen LogP contribution in [0.3, 0.4) is 0 Å². The van der Waals surface area contributed by atoms with Gasteiger partial charge in [0.15, 0.2) is 4.90 Å². The van der Waals surface area contributed by atoms with Crippen LogP contribution in [0.5, 0.6) is 0 Å². The summed E-state index contributed by atoms with van der Waals surface area (Å²) in [6.45, 7) is 3.73. The molecule has 0 bridgehead atoms. The van der Waals surface area contributed by atoms with Crippen LogP contribution in [0.4, 0.5) is 5.69 Å². The Morgan fingerprint density at radius 3 is 2.30 bits per heavy atom. The van der Waals surface area contributed by atoms with E-state index in [1.807, 2.05) is 0 Å². The Balaban J connectivity index is 3.25. The van der Waals surface area contributed by atoms with E-state index in [4.69, 9.17) is 4.74 Å². The van der Waals surface area contributed by atoms with E-state index in [2.05, 4.69) is 4.74 Å². The molecule has 0 radical (unpaired) electrons. The molecular weight excluding hydrogens is 380 g/mol. The average molecular weight is 402 g/mol. The largest absolute Gasteiger partial charge is 0.469 e. The molecule has 0 unspecified atom stereocenters. The van der Waals surface area contributed by atoms with Crippen molar-refractivity contribution in [1.82, 2.24) is 4.31 Å². The first kappa shape index (κ1) is 22.5. The number of carbonyl (C=O) groups is 2. The standard InChI is InChI=1S/C16H22N2O8S/c1-16(2,3)26-15(20)11-17(10-9-14(19)25-4)27(23,24)13-8-6-5-7-12(13)18(21)22/h5-8H,9-11H2,1-4H3. The zero-order valence-corrected chi connectivity index (χ0v) is 16.3. The van der Waals surface area contributed by atoms with Crippen molar-refractivity contribution in [2.24, 2.45) is 0 Å². The van der Waals surface area contributed by atoms with Crippen LogP contribution in [0, 0.1) is 10.1 Å². The van der Waals surface area contributed by atoms with Crippen LogP contribution in [-0.4, -0.2) is 55.4 Å². The molecule has 0 fully saturated rings. The summed E-state index contributed by atoms with van der Waals surface area (Å²) in [4.78, 5) is 33.3. The molecule has 0 atom stereocenters. The Kier molecular flexibility index (Phi) is 7.43. The molecule has 150 valence electrons. The second-order valence-electron chi connectivity index (χ2n) is 6.48. The SMILES string of the molecule is COC(=O)CCN(CC(=O)OC(C)(C)C)S(=O)(=O)c1ccccc1[N+](=O)[O-]. The van der Waals surface area contributed by atoms with Gasteiger partial charge in [-0.2, -0.15) is 4.31 Å². The van der Waals surface area contributed by atoms with Crippen LogP contribution in [0.2, 0.25) is 0 Å². The van der Waals surface area contributed by atoms with Gasteiger partial charge in [0.25, 0.3) is 5.69 Å². The molecule has 27 heavy (non-hydrogen) atoms. The van der Waals surface area contributed by atoms with Crippen LogP contribution in [0.15, 0.2) is 29.2 Å². The van der Waals surface area contributed by atoms with Gasteiger partial charge in [-0.15, -0.1) is 0 Å². The predicted molar refractivity (Wildman–Crippen MR) is 94.3 cm³/mol. The summed E-state index contributed by atoms with van der Waals surface area (Å²) in [6, 6.07) is 4.75. The number of rotatable bonds is 8. The highest BCUT2D eigenvalue weighted by molar-refractivity contribution is 7.89. The summed E-state index contributed by atoms with van der Waals surface area (Å²) in [5.74, 6) is -1.54. The highest BCUT2D eigenvalue weighted by Crippen LogP contribution is 2.26. The fourth-order valence-corrected chi connectivity index (χ4v) is 3.63. The molecule has 1 aromatic rings. The highest BCUT2D eigenvalue weighted by atomic mass is 32.2. The molecule has 10 nitrogen and oxygen atoms in total. The molecule has 0 spiro atoms. The zero-order valence-electron chi connectivity index (χ0n) is 15.5. The normalized spacial score (nSPS) is 11.9. The minimum absolute atomic E-state index is 0.334. The third-order valence-corrected chi connectivity index (χ3v) is 5.09. The predicted octanol–water partition coefficient (Wildman–Crippen LogP) is 1.49. The molecule has 0 heterocycles. The van der Waals surface area contributed by atoms with Crippen LogP contribution in [0.1, 0.15) is 27.2 Å². The maximum Gasteiger partial charge on any atom is 0.321 e. The van der Waals surface area contributed by atoms with Gasteiger partial charge in [-0.05, 0) is 26.8 Å². The van der Waals surface area contributed by atoms with Crippen LogP contribution in [-0.2, 0) is 29.1 Å². The molecule has 0 saturated heterocycles. The molecule has 0 aliphatic rings. The number of nitrogens with zero attached hydrogens (tertiary/aromatic N) is 2. The third kappa shape index (κ3) is 6.61. The monoisotopic (exact) mass is 402 g/mol. The molecule has 0 aromatic heterocycles. The topological polar surface area (TPSA) is 133 Å². The molecule has 0 aliphatic heterocycles. The van der Waals surface area contributed by atoms with Gasteiger partial charge in [-0.1, -0.05) is 12.1 Å². The van der Waals surface area contributed by atoms with Crippen LogP contribution in [0.25, 0.3) is 0 Å². The number of hydrogen-bond acceptors (Lipinski definition) is 8. The Morgan fingerprint density at radius 2 is 1.78 bits per heavy atom. The van der Waals surface area contributed by atoms with Crippen molar-refractivity contribution in [3.05, 3.63) is 34.4 Å². The number of hydrogen-bond donors (Lipinski definition) is 0. The smallest absolute Gasteiger partial charge is 0.321 e. The van der Waals surface area contributed by atoms with E-state index in [0.717, 1.165) is 19.2 Å². The van der Waals surface area contributed by atoms with E-state index < -0.39 is 56.2 Å².